The molecule has 0 amide bonds. The summed E-state index contributed by atoms with van der Waals surface area (Å²) in [6.07, 6.45) is 5.33. The largest absolute Gasteiger partial charge is 0.356 e. The molecule has 2 saturated heterocycles. The van der Waals surface area contributed by atoms with Crippen molar-refractivity contribution in [3.05, 3.63) is 0 Å². The highest BCUT2D eigenvalue weighted by Gasteiger charge is 2.28. The molecule has 2 heterocycles. The standard InChI is InChI=1S/C16H32N4S/c1-16(2)14-20(12-13-21-16)15(17-3)18-8-4-5-9-19-10-6-7-11-19/h4-14H2,1-3H3,(H,17,18). The highest BCUT2D eigenvalue weighted by Crippen LogP contribution is 2.29. The maximum Gasteiger partial charge on any atom is 0.193 e. The molecule has 122 valence electrons. The van der Waals surface area contributed by atoms with Gasteiger partial charge in [0.05, 0.1) is 0 Å². The minimum Gasteiger partial charge on any atom is -0.356 e. The summed E-state index contributed by atoms with van der Waals surface area (Å²) in [6.45, 7) is 11.8. The zero-order chi connectivity index (χ0) is 15.1. The number of guanidine groups is 1. The third-order valence-electron chi connectivity index (χ3n) is 4.32. The van der Waals surface area contributed by atoms with Gasteiger partial charge in [-0.25, -0.2) is 0 Å². The molecule has 1 N–H and O–H groups in total. The monoisotopic (exact) mass is 312 g/mol. The van der Waals surface area contributed by atoms with Crippen molar-refractivity contribution in [2.75, 3.05) is 52.1 Å². The average molecular weight is 313 g/mol. The van der Waals surface area contributed by atoms with Gasteiger partial charge in [-0.15, -0.1) is 0 Å². The number of aliphatic imine (C=N–C) groups is 1. The van der Waals surface area contributed by atoms with Crippen LogP contribution in [0.2, 0.25) is 0 Å². The molecular weight excluding hydrogens is 280 g/mol. The van der Waals surface area contributed by atoms with Crippen molar-refractivity contribution in [3.8, 4) is 0 Å². The number of likely N-dealkylation sites (tertiary alicyclic amines) is 1. The number of hydrogen-bond donors (Lipinski definition) is 1. The highest BCUT2D eigenvalue weighted by molar-refractivity contribution is 8.00. The van der Waals surface area contributed by atoms with E-state index in [2.05, 4.69) is 45.7 Å². The Hall–Kier alpha value is -0.420. The van der Waals surface area contributed by atoms with Gasteiger partial charge in [-0.1, -0.05) is 0 Å². The van der Waals surface area contributed by atoms with E-state index < -0.39 is 0 Å². The zero-order valence-corrected chi connectivity index (χ0v) is 14.8. The van der Waals surface area contributed by atoms with E-state index in [9.17, 15) is 0 Å². The van der Waals surface area contributed by atoms with E-state index in [1.807, 2.05) is 7.05 Å². The van der Waals surface area contributed by atoms with Crippen LogP contribution in [0.15, 0.2) is 4.99 Å². The topological polar surface area (TPSA) is 30.9 Å². The summed E-state index contributed by atoms with van der Waals surface area (Å²) in [5.41, 5.74) is 0. The molecule has 0 aromatic carbocycles. The molecule has 2 aliphatic heterocycles. The van der Waals surface area contributed by atoms with Crippen LogP contribution in [0, 0.1) is 0 Å². The van der Waals surface area contributed by atoms with Crippen molar-refractivity contribution >= 4 is 17.7 Å². The van der Waals surface area contributed by atoms with E-state index in [-0.39, 0.29) is 0 Å². The molecule has 21 heavy (non-hydrogen) atoms. The van der Waals surface area contributed by atoms with Crippen LogP contribution >= 0.6 is 11.8 Å². The Morgan fingerprint density at radius 3 is 2.62 bits per heavy atom. The molecule has 2 rings (SSSR count). The van der Waals surface area contributed by atoms with E-state index in [4.69, 9.17) is 0 Å². The molecule has 2 aliphatic rings. The van der Waals surface area contributed by atoms with Gasteiger partial charge in [-0.3, -0.25) is 4.99 Å². The fourth-order valence-corrected chi connectivity index (χ4v) is 4.31. The predicted molar refractivity (Wildman–Crippen MR) is 94.4 cm³/mol. The lowest BCUT2D eigenvalue weighted by Gasteiger charge is -2.39. The maximum absolute atomic E-state index is 4.46. The fourth-order valence-electron chi connectivity index (χ4n) is 3.20. The molecule has 5 heteroatoms. The Kier molecular flexibility index (Phi) is 6.68. The van der Waals surface area contributed by atoms with Crippen LogP contribution in [-0.4, -0.2) is 72.6 Å². The first-order chi connectivity index (χ1) is 10.1. The van der Waals surface area contributed by atoms with Crippen molar-refractivity contribution in [1.29, 1.82) is 0 Å². The van der Waals surface area contributed by atoms with Gasteiger partial charge in [0, 0.05) is 37.2 Å². The van der Waals surface area contributed by atoms with Gasteiger partial charge in [0.25, 0.3) is 0 Å². The van der Waals surface area contributed by atoms with E-state index in [0.29, 0.717) is 4.75 Å². The Balaban J connectivity index is 1.63. The second-order valence-corrected chi connectivity index (χ2v) is 8.56. The molecule has 0 spiro atoms. The van der Waals surface area contributed by atoms with Crippen molar-refractivity contribution < 1.29 is 0 Å². The molecule has 0 unspecified atom stereocenters. The van der Waals surface area contributed by atoms with Gasteiger partial charge in [-0.2, -0.15) is 11.8 Å². The lowest BCUT2D eigenvalue weighted by Crippen LogP contribution is -2.51. The van der Waals surface area contributed by atoms with Crippen molar-refractivity contribution in [3.63, 3.8) is 0 Å². The average Bonchev–Trinajstić information content (AvgIpc) is 2.95. The van der Waals surface area contributed by atoms with Crippen LogP contribution < -0.4 is 5.32 Å². The molecule has 0 aromatic heterocycles. The van der Waals surface area contributed by atoms with Crippen LogP contribution in [0.25, 0.3) is 0 Å². The third-order valence-corrected chi connectivity index (χ3v) is 5.62. The van der Waals surface area contributed by atoms with Gasteiger partial charge in [0.15, 0.2) is 5.96 Å². The lowest BCUT2D eigenvalue weighted by molar-refractivity contribution is 0.329. The highest BCUT2D eigenvalue weighted by atomic mass is 32.2. The Bertz CT molecular complexity index is 337. The molecule has 0 radical (unpaired) electrons. The maximum atomic E-state index is 4.46. The van der Waals surface area contributed by atoms with Gasteiger partial charge >= 0.3 is 0 Å². The van der Waals surface area contributed by atoms with E-state index in [1.165, 1.54) is 51.1 Å². The summed E-state index contributed by atoms with van der Waals surface area (Å²) in [7, 11) is 1.90. The van der Waals surface area contributed by atoms with Crippen LogP contribution in [0.5, 0.6) is 0 Å². The first kappa shape index (κ1) is 16.9. The zero-order valence-electron chi connectivity index (χ0n) is 14.0. The van der Waals surface area contributed by atoms with Gasteiger partial charge in [0.1, 0.15) is 0 Å². The fraction of sp³-hybridized carbons (Fsp3) is 0.938. The summed E-state index contributed by atoms with van der Waals surface area (Å²) in [4.78, 5) is 9.47. The second-order valence-electron chi connectivity index (χ2n) is 6.76. The number of unbranched alkanes of at least 4 members (excludes halogenated alkanes) is 1. The minimum atomic E-state index is 0.339. The second kappa shape index (κ2) is 8.28. The summed E-state index contributed by atoms with van der Waals surface area (Å²) >= 11 is 2.07. The molecule has 0 aliphatic carbocycles. The molecule has 4 nitrogen and oxygen atoms in total. The summed E-state index contributed by atoms with van der Waals surface area (Å²) in [5.74, 6) is 2.28. The van der Waals surface area contributed by atoms with Crippen LogP contribution in [-0.2, 0) is 0 Å². The van der Waals surface area contributed by atoms with Crippen LogP contribution in [0.4, 0.5) is 0 Å². The summed E-state index contributed by atoms with van der Waals surface area (Å²) in [6, 6.07) is 0. The number of thioether (sulfide) groups is 1. The summed E-state index contributed by atoms with van der Waals surface area (Å²) in [5, 5.41) is 3.55. The van der Waals surface area contributed by atoms with Crippen molar-refractivity contribution in [1.82, 2.24) is 15.1 Å². The Labute approximate surface area is 134 Å². The lowest BCUT2D eigenvalue weighted by atomic mass is 10.2. The number of nitrogens with zero attached hydrogens (tertiary/aromatic N) is 3. The SMILES string of the molecule is CN=C(NCCCCN1CCCC1)N1CCSC(C)(C)C1. The minimum absolute atomic E-state index is 0.339. The quantitative estimate of drug-likeness (QED) is 0.479. The van der Waals surface area contributed by atoms with Crippen LogP contribution in [0.3, 0.4) is 0 Å². The van der Waals surface area contributed by atoms with E-state index in [0.717, 1.165) is 25.6 Å². The van der Waals surface area contributed by atoms with Gasteiger partial charge in [0.2, 0.25) is 0 Å². The molecule has 0 atom stereocenters. The molecule has 0 saturated carbocycles. The molecule has 2 fully saturated rings. The smallest absolute Gasteiger partial charge is 0.193 e. The molecule has 0 aromatic rings. The van der Waals surface area contributed by atoms with E-state index in [1.54, 1.807) is 0 Å². The number of nitrogens with one attached hydrogen (secondary N) is 1. The summed E-state index contributed by atoms with van der Waals surface area (Å²) < 4.78 is 0.339. The Morgan fingerprint density at radius 2 is 1.95 bits per heavy atom. The van der Waals surface area contributed by atoms with Gasteiger partial charge < -0.3 is 15.1 Å². The number of hydrogen-bond acceptors (Lipinski definition) is 3. The van der Waals surface area contributed by atoms with E-state index >= 15 is 0 Å². The van der Waals surface area contributed by atoms with Crippen LogP contribution in [0.1, 0.15) is 39.5 Å². The van der Waals surface area contributed by atoms with Crippen molar-refractivity contribution in [2.24, 2.45) is 4.99 Å². The number of rotatable bonds is 5. The Morgan fingerprint density at radius 1 is 1.19 bits per heavy atom. The normalized spacial score (nSPS) is 23.6. The predicted octanol–water partition coefficient (Wildman–Crippen LogP) is 2.27. The molecule has 0 bridgehead atoms. The third kappa shape index (κ3) is 5.70. The van der Waals surface area contributed by atoms with Crippen molar-refractivity contribution in [2.45, 2.75) is 44.3 Å². The first-order valence-corrected chi connectivity index (χ1v) is 9.41. The van der Waals surface area contributed by atoms with Gasteiger partial charge in [-0.05, 0) is 59.2 Å². The first-order valence-electron chi connectivity index (χ1n) is 8.43. The molecular formula is C16H32N4S.